The quantitative estimate of drug-likeness (QED) is 0.762. The fraction of sp³-hybridized carbons (Fsp3) is 0.526. The van der Waals surface area contributed by atoms with Crippen LogP contribution >= 0.6 is 0 Å². The van der Waals surface area contributed by atoms with Crippen molar-refractivity contribution in [1.82, 2.24) is 5.32 Å². The van der Waals surface area contributed by atoms with Gasteiger partial charge in [0.2, 0.25) is 0 Å². The standard InChI is InChI=1S/C19H25NO4/c1-12(2)9-20-10-13(21)11-23-14-6-7-16-15-4-3-5-17(15)19(22)24-18(16)8-14/h6-8,12-13,20-21H,3-5,9-11H2,1-2H3. The summed E-state index contributed by atoms with van der Waals surface area (Å²) in [6.45, 7) is 5.80. The van der Waals surface area contributed by atoms with Gasteiger partial charge in [-0.2, -0.15) is 0 Å². The highest BCUT2D eigenvalue weighted by Crippen LogP contribution is 2.29. The molecule has 1 aliphatic rings. The van der Waals surface area contributed by atoms with Gasteiger partial charge in [0.25, 0.3) is 0 Å². The molecule has 130 valence electrons. The molecular formula is C19H25NO4. The monoisotopic (exact) mass is 331 g/mol. The molecule has 0 saturated heterocycles. The van der Waals surface area contributed by atoms with E-state index in [9.17, 15) is 9.90 Å². The highest BCUT2D eigenvalue weighted by Gasteiger charge is 2.19. The van der Waals surface area contributed by atoms with Gasteiger partial charge in [-0.05, 0) is 49.4 Å². The molecule has 0 radical (unpaired) electrons. The van der Waals surface area contributed by atoms with E-state index in [4.69, 9.17) is 9.15 Å². The van der Waals surface area contributed by atoms with E-state index >= 15 is 0 Å². The average Bonchev–Trinajstić information content (AvgIpc) is 3.03. The van der Waals surface area contributed by atoms with Gasteiger partial charge in [0.1, 0.15) is 24.0 Å². The Morgan fingerprint density at radius 2 is 2.04 bits per heavy atom. The maximum absolute atomic E-state index is 12.0. The number of rotatable bonds is 7. The third kappa shape index (κ3) is 3.79. The van der Waals surface area contributed by atoms with Crippen molar-refractivity contribution in [2.45, 2.75) is 39.2 Å². The van der Waals surface area contributed by atoms with Gasteiger partial charge in [-0.1, -0.05) is 13.8 Å². The molecule has 24 heavy (non-hydrogen) atoms. The number of nitrogens with one attached hydrogen (secondary N) is 1. The van der Waals surface area contributed by atoms with Crippen molar-refractivity contribution in [2.75, 3.05) is 19.7 Å². The van der Waals surface area contributed by atoms with E-state index in [1.165, 1.54) is 0 Å². The molecule has 0 saturated carbocycles. The molecule has 1 atom stereocenters. The van der Waals surface area contributed by atoms with Gasteiger partial charge in [0, 0.05) is 23.6 Å². The number of aliphatic hydroxyl groups is 1. The second-order valence-corrected chi connectivity index (χ2v) is 6.88. The SMILES string of the molecule is CC(C)CNCC(O)COc1ccc2c3c(c(=O)oc2c1)CCC3. The van der Waals surface area contributed by atoms with Crippen LogP contribution in [0.15, 0.2) is 27.4 Å². The molecule has 1 aromatic carbocycles. The number of hydrogen-bond acceptors (Lipinski definition) is 5. The smallest absolute Gasteiger partial charge is 0.339 e. The second kappa shape index (κ2) is 7.36. The summed E-state index contributed by atoms with van der Waals surface area (Å²) in [5.74, 6) is 1.15. The molecule has 1 aliphatic carbocycles. The molecule has 0 fully saturated rings. The second-order valence-electron chi connectivity index (χ2n) is 6.88. The first-order chi connectivity index (χ1) is 11.5. The Hall–Kier alpha value is -1.85. The van der Waals surface area contributed by atoms with E-state index < -0.39 is 6.10 Å². The third-order valence-electron chi connectivity index (χ3n) is 4.32. The number of aliphatic hydroxyl groups excluding tert-OH is 1. The predicted octanol–water partition coefficient (Wildman–Crippen LogP) is 2.27. The molecule has 0 amide bonds. The summed E-state index contributed by atoms with van der Waals surface area (Å²) in [4.78, 5) is 12.0. The van der Waals surface area contributed by atoms with Crippen LogP contribution in [0.2, 0.25) is 0 Å². The van der Waals surface area contributed by atoms with Gasteiger partial charge < -0.3 is 19.6 Å². The van der Waals surface area contributed by atoms with E-state index in [-0.39, 0.29) is 12.2 Å². The molecule has 2 N–H and O–H groups in total. The number of aryl methyl sites for hydroxylation is 1. The van der Waals surface area contributed by atoms with Crippen molar-refractivity contribution in [3.8, 4) is 5.75 Å². The van der Waals surface area contributed by atoms with Gasteiger partial charge in [-0.25, -0.2) is 4.79 Å². The minimum absolute atomic E-state index is 0.200. The molecule has 1 heterocycles. The van der Waals surface area contributed by atoms with Crippen LogP contribution in [0.25, 0.3) is 11.0 Å². The van der Waals surface area contributed by atoms with E-state index in [0.29, 0.717) is 23.8 Å². The van der Waals surface area contributed by atoms with Crippen LogP contribution in [0.1, 0.15) is 31.4 Å². The van der Waals surface area contributed by atoms with Gasteiger partial charge in [-0.3, -0.25) is 0 Å². The van der Waals surface area contributed by atoms with Crippen LogP contribution in [-0.4, -0.2) is 30.9 Å². The van der Waals surface area contributed by atoms with Crippen LogP contribution in [0, 0.1) is 5.92 Å². The molecular weight excluding hydrogens is 306 g/mol. The maximum Gasteiger partial charge on any atom is 0.339 e. The molecule has 5 heteroatoms. The lowest BCUT2D eigenvalue weighted by atomic mass is 10.1. The molecule has 5 nitrogen and oxygen atoms in total. The molecule has 0 spiro atoms. The first-order valence-corrected chi connectivity index (χ1v) is 8.65. The Morgan fingerprint density at radius 3 is 2.83 bits per heavy atom. The molecule has 1 unspecified atom stereocenters. The minimum Gasteiger partial charge on any atom is -0.491 e. The largest absolute Gasteiger partial charge is 0.491 e. The molecule has 0 bridgehead atoms. The van der Waals surface area contributed by atoms with Gasteiger partial charge in [0.15, 0.2) is 0 Å². The van der Waals surface area contributed by atoms with Crippen LogP contribution < -0.4 is 15.7 Å². The number of benzene rings is 1. The van der Waals surface area contributed by atoms with Crippen LogP contribution in [0.4, 0.5) is 0 Å². The van der Waals surface area contributed by atoms with Crippen molar-refractivity contribution in [3.63, 3.8) is 0 Å². The van der Waals surface area contributed by atoms with E-state index in [0.717, 1.165) is 42.3 Å². The summed E-state index contributed by atoms with van der Waals surface area (Å²) in [7, 11) is 0. The van der Waals surface area contributed by atoms with E-state index in [1.807, 2.05) is 12.1 Å². The van der Waals surface area contributed by atoms with Crippen molar-refractivity contribution < 1.29 is 14.3 Å². The number of fused-ring (bicyclic) bond motifs is 3. The number of ether oxygens (including phenoxy) is 1. The van der Waals surface area contributed by atoms with Gasteiger partial charge >= 0.3 is 5.63 Å². The Bertz CT molecular complexity index is 766. The normalized spacial score (nSPS) is 15.0. The minimum atomic E-state index is -0.577. The Balaban J connectivity index is 1.66. The lowest BCUT2D eigenvalue weighted by molar-refractivity contribution is 0.106. The van der Waals surface area contributed by atoms with Crippen molar-refractivity contribution in [2.24, 2.45) is 5.92 Å². The third-order valence-corrected chi connectivity index (χ3v) is 4.32. The Labute approximate surface area is 141 Å². The zero-order chi connectivity index (χ0) is 17.1. The Kier molecular flexibility index (Phi) is 5.21. The van der Waals surface area contributed by atoms with E-state index in [2.05, 4.69) is 19.2 Å². The van der Waals surface area contributed by atoms with Gasteiger partial charge in [0.05, 0.1) is 0 Å². The first kappa shape index (κ1) is 17.0. The van der Waals surface area contributed by atoms with Crippen LogP contribution in [-0.2, 0) is 12.8 Å². The lowest BCUT2D eigenvalue weighted by Crippen LogP contribution is -2.33. The van der Waals surface area contributed by atoms with Crippen LogP contribution in [0.5, 0.6) is 5.75 Å². The topological polar surface area (TPSA) is 71.7 Å². The zero-order valence-corrected chi connectivity index (χ0v) is 14.3. The van der Waals surface area contributed by atoms with Crippen LogP contribution in [0.3, 0.4) is 0 Å². The Morgan fingerprint density at radius 1 is 1.25 bits per heavy atom. The first-order valence-electron chi connectivity index (χ1n) is 8.65. The van der Waals surface area contributed by atoms with Crippen molar-refractivity contribution in [1.29, 1.82) is 0 Å². The summed E-state index contributed by atoms with van der Waals surface area (Å²) >= 11 is 0. The van der Waals surface area contributed by atoms with Crippen molar-refractivity contribution >= 4 is 11.0 Å². The average molecular weight is 331 g/mol. The maximum atomic E-state index is 12.0. The number of hydrogen-bond donors (Lipinski definition) is 2. The lowest BCUT2D eigenvalue weighted by Gasteiger charge is -2.14. The highest BCUT2D eigenvalue weighted by atomic mass is 16.5. The summed E-state index contributed by atoms with van der Waals surface area (Å²) in [5, 5.41) is 14.1. The summed E-state index contributed by atoms with van der Waals surface area (Å²) in [6.07, 6.45) is 2.17. The zero-order valence-electron chi connectivity index (χ0n) is 14.3. The predicted molar refractivity (Wildman–Crippen MR) is 93.7 cm³/mol. The molecule has 0 aliphatic heterocycles. The highest BCUT2D eigenvalue weighted by molar-refractivity contribution is 5.83. The molecule has 2 aromatic rings. The summed E-state index contributed by atoms with van der Waals surface area (Å²) in [5.41, 5.74) is 2.27. The summed E-state index contributed by atoms with van der Waals surface area (Å²) < 4.78 is 11.1. The molecule has 3 rings (SSSR count). The molecule has 1 aromatic heterocycles. The fourth-order valence-electron chi connectivity index (χ4n) is 3.14. The summed E-state index contributed by atoms with van der Waals surface area (Å²) in [6, 6.07) is 5.56. The van der Waals surface area contributed by atoms with Crippen molar-refractivity contribution in [3.05, 3.63) is 39.7 Å². The fourth-order valence-corrected chi connectivity index (χ4v) is 3.14. The van der Waals surface area contributed by atoms with Gasteiger partial charge in [-0.15, -0.1) is 0 Å². The van der Waals surface area contributed by atoms with E-state index in [1.54, 1.807) is 6.07 Å².